The van der Waals surface area contributed by atoms with Gasteiger partial charge < -0.3 is 10.6 Å². The Balaban J connectivity index is 1.84. The highest BCUT2D eigenvalue weighted by atomic mass is 16.6. The van der Waals surface area contributed by atoms with Crippen molar-refractivity contribution in [3.05, 3.63) is 51.7 Å². The van der Waals surface area contributed by atoms with Crippen LogP contribution in [0.1, 0.15) is 42.1 Å². The van der Waals surface area contributed by atoms with Crippen molar-refractivity contribution >= 4 is 23.3 Å². The SMILES string of the molecule is CCC1CC(=O)NC(n2nc(C)cc2NC(=O)c2cccc([N+](=O)[O-])c2)N1. The molecule has 2 atom stereocenters. The smallest absolute Gasteiger partial charge is 0.270 e. The fourth-order valence-electron chi connectivity index (χ4n) is 2.91. The predicted octanol–water partition coefficient (Wildman–Crippen LogP) is 1.70. The number of anilines is 1. The number of benzene rings is 1. The van der Waals surface area contributed by atoms with Gasteiger partial charge in [0.15, 0.2) is 6.29 Å². The number of carbonyl (C=O) groups excluding carboxylic acids is 2. The van der Waals surface area contributed by atoms with E-state index in [1.807, 2.05) is 6.92 Å². The molecule has 1 fully saturated rings. The van der Waals surface area contributed by atoms with Gasteiger partial charge in [0.25, 0.3) is 11.6 Å². The second-order valence-electron chi connectivity index (χ2n) is 6.32. The van der Waals surface area contributed by atoms with E-state index in [9.17, 15) is 19.7 Å². The second kappa shape index (κ2) is 7.54. The van der Waals surface area contributed by atoms with Crippen LogP contribution < -0.4 is 16.0 Å². The van der Waals surface area contributed by atoms with E-state index in [0.29, 0.717) is 17.9 Å². The summed E-state index contributed by atoms with van der Waals surface area (Å²) >= 11 is 0. The van der Waals surface area contributed by atoms with Gasteiger partial charge in [-0.25, -0.2) is 4.68 Å². The number of aryl methyl sites for hydroxylation is 1. The molecule has 2 aromatic rings. The topological polar surface area (TPSA) is 131 Å². The molecule has 2 amide bonds. The molecule has 0 saturated carbocycles. The summed E-state index contributed by atoms with van der Waals surface area (Å²) in [4.78, 5) is 34.8. The van der Waals surface area contributed by atoms with Crippen LogP contribution in [0.25, 0.3) is 0 Å². The fraction of sp³-hybridized carbons (Fsp3) is 0.353. The van der Waals surface area contributed by atoms with Gasteiger partial charge in [-0.05, 0) is 19.4 Å². The Labute approximate surface area is 155 Å². The van der Waals surface area contributed by atoms with Gasteiger partial charge in [-0.2, -0.15) is 5.10 Å². The number of hydrogen-bond acceptors (Lipinski definition) is 6. The Bertz CT molecular complexity index is 893. The standard InChI is InChI=1S/C17H20N6O4/c1-3-12-9-15(24)20-17(18-12)22-14(7-10(2)21-22)19-16(25)11-5-4-6-13(8-11)23(26)27/h4-8,12,17-18H,3,9H2,1-2H3,(H,19,25)(H,20,24). The first-order valence-corrected chi connectivity index (χ1v) is 8.54. The first kappa shape index (κ1) is 18.5. The van der Waals surface area contributed by atoms with Crippen molar-refractivity contribution < 1.29 is 14.5 Å². The van der Waals surface area contributed by atoms with Gasteiger partial charge in [0.1, 0.15) is 5.82 Å². The zero-order chi connectivity index (χ0) is 19.6. The number of nitrogens with zero attached hydrogens (tertiary/aromatic N) is 3. The maximum absolute atomic E-state index is 12.5. The van der Waals surface area contributed by atoms with Crippen molar-refractivity contribution in [1.29, 1.82) is 0 Å². The lowest BCUT2D eigenvalue weighted by Crippen LogP contribution is -2.53. The van der Waals surface area contributed by atoms with Gasteiger partial charge >= 0.3 is 0 Å². The Kier molecular flexibility index (Phi) is 5.17. The molecule has 0 aliphatic carbocycles. The minimum absolute atomic E-state index is 0.00794. The highest BCUT2D eigenvalue weighted by molar-refractivity contribution is 6.04. The molecule has 2 unspecified atom stereocenters. The van der Waals surface area contributed by atoms with Crippen molar-refractivity contribution in [3.63, 3.8) is 0 Å². The summed E-state index contributed by atoms with van der Waals surface area (Å²) < 4.78 is 1.49. The summed E-state index contributed by atoms with van der Waals surface area (Å²) in [5, 5.41) is 24.0. The Morgan fingerprint density at radius 1 is 1.44 bits per heavy atom. The average Bonchev–Trinajstić information content (AvgIpc) is 3.01. The summed E-state index contributed by atoms with van der Waals surface area (Å²) in [6.45, 7) is 3.74. The Morgan fingerprint density at radius 3 is 2.93 bits per heavy atom. The number of nitrogens with one attached hydrogen (secondary N) is 3. The number of rotatable bonds is 5. The third-order valence-electron chi connectivity index (χ3n) is 4.28. The van der Waals surface area contributed by atoms with Crippen molar-refractivity contribution in [1.82, 2.24) is 20.4 Å². The maximum Gasteiger partial charge on any atom is 0.270 e. The summed E-state index contributed by atoms with van der Waals surface area (Å²) in [6.07, 6.45) is 0.563. The quantitative estimate of drug-likeness (QED) is 0.541. The van der Waals surface area contributed by atoms with Gasteiger partial charge in [0.05, 0.1) is 10.6 Å². The van der Waals surface area contributed by atoms with Crippen molar-refractivity contribution in [2.75, 3.05) is 5.32 Å². The first-order chi connectivity index (χ1) is 12.9. The van der Waals surface area contributed by atoms with Gasteiger partial charge in [0, 0.05) is 36.2 Å². The van der Waals surface area contributed by atoms with E-state index < -0.39 is 17.1 Å². The summed E-state index contributed by atoms with van der Waals surface area (Å²) in [7, 11) is 0. The van der Waals surface area contributed by atoms with Crippen LogP contribution in [-0.2, 0) is 4.79 Å². The highest BCUT2D eigenvalue weighted by Gasteiger charge is 2.28. The maximum atomic E-state index is 12.5. The molecule has 0 spiro atoms. The van der Waals surface area contributed by atoms with Crippen LogP contribution in [0.3, 0.4) is 0 Å². The normalized spacial score (nSPS) is 19.4. The van der Waals surface area contributed by atoms with Crippen LogP contribution in [0.2, 0.25) is 0 Å². The molecule has 1 saturated heterocycles. The number of nitro groups is 1. The molecule has 10 heteroatoms. The number of aromatic nitrogens is 2. The number of hydrogen-bond donors (Lipinski definition) is 3. The average molecular weight is 372 g/mol. The van der Waals surface area contributed by atoms with Crippen LogP contribution >= 0.6 is 0 Å². The summed E-state index contributed by atoms with van der Waals surface area (Å²) in [5.74, 6) is -0.234. The largest absolute Gasteiger partial charge is 0.322 e. The van der Waals surface area contributed by atoms with Crippen LogP contribution in [0.4, 0.5) is 11.5 Å². The third-order valence-corrected chi connectivity index (χ3v) is 4.28. The molecular weight excluding hydrogens is 352 g/mol. The summed E-state index contributed by atoms with van der Waals surface area (Å²) in [6, 6.07) is 7.13. The molecule has 0 bridgehead atoms. The van der Waals surface area contributed by atoms with E-state index in [2.05, 4.69) is 21.0 Å². The first-order valence-electron chi connectivity index (χ1n) is 8.54. The van der Waals surface area contributed by atoms with Gasteiger partial charge in [-0.1, -0.05) is 13.0 Å². The highest BCUT2D eigenvalue weighted by Crippen LogP contribution is 2.20. The molecule has 0 radical (unpaired) electrons. The molecular formula is C17H20N6O4. The van der Waals surface area contributed by atoms with E-state index in [1.165, 1.54) is 28.9 Å². The van der Waals surface area contributed by atoms with Gasteiger partial charge in [-0.15, -0.1) is 0 Å². The lowest BCUT2D eigenvalue weighted by atomic mass is 10.1. The summed E-state index contributed by atoms with van der Waals surface area (Å²) in [5.41, 5.74) is 0.639. The predicted molar refractivity (Wildman–Crippen MR) is 97.0 cm³/mol. The monoisotopic (exact) mass is 372 g/mol. The van der Waals surface area contributed by atoms with E-state index >= 15 is 0 Å². The van der Waals surface area contributed by atoms with Gasteiger partial charge in [0.2, 0.25) is 5.91 Å². The zero-order valence-corrected chi connectivity index (χ0v) is 14.9. The lowest BCUT2D eigenvalue weighted by molar-refractivity contribution is -0.384. The van der Waals surface area contributed by atoms with Crippen molar-refractivity contribution in [3.8, 4) is 0 Å². The minimum atomic E-state index is -0.592. The van der Waals surface area contributed by atoms with Crippen molar-refractivity contribution in [2.45, 2.75) is 39.0 Å². The molecule has 3 rings (SSSR count). The molecule has 3 N–H and O–H groups in total. The molecule has 10 nitrogen and oxygen atoms in total. The van der Waals surface area contributed by atoms with Crippen molar-refractivity contribution in [2.24, 2.45) is 0 Å². The number of non-ortho nitro benzene ring substituents is 1. The van der Waals surface area contributed by atoms with E-state index in [0.717, 1.165) is 6.42 Å². The van der Waals surface area contributed by atoms with E-state index in [1.54, 1.807) is 13.0 Å². The van der Waals surface area contributed by atoms with Crippen LogP contribution in [0.15, 0.2) is 30.3 Å². The van der Waals surface area contributed by atoms with Crippen LogP contribution in [-0.4, -0.2) is 32.6 Å². The third kappa shape index (κ3) is 4.11. The molecule has 1 aromatic heterocycles. The number of amides is 2. The molecule has 142 valence electrons. The fourth-order valence-corrected chi connectivity index (χ4v) is 2.91. The second-order valence-corrected chi connectivity index (χ2v) is 6.32. The van der Waals surface area contributed by atoms with E-state index in [4.69, 9.17) is 0 Å². The van der Waals surface area contributed by atoms with Crippen LogP contribution in [0, 0.1) is 17.0 Å². The molecule has 1 aromatic carbocycles. The van der Waals surface area contributed by atoms with Crippen LogP contribution in [0.5, 0.6) is 0 Å². The molecule has 1 aliphatic rings. The Hall–Kier alpha value is -3.27. The number of nitro benzene ring substituents is 1. The van der Waals surface area contributed by atoms with E-state index in [-0.39, 0.29) is 23.2 Å². The van der Waals surface area contributed by atoms with Gasteiger partial charge in [-0.3, -0.25) is 25.0 Å². The Morgan fingerprint density at radius 2 is 2.22 bits per heavy atom. The molecule has 2 heterocycles. The zero-order valence-electron chi connectivity index (χ0n) is 14.9. The minimum Gasteiger partial charge on any atom is -0.322 e. The molecule has 27 heavy (non-hydrogen) atoms. The lowest BCUT2D eigenvalue weighted by Gasteiger charge is -2.31. The number of carbonyl (C=O) groups is 2. The molecule has 1 aliphatic heterocycles.